The van der Waals surface area contributed by atoms with Gasteiger partial charge in [0.25, 0.3) is 0 Å². The first-order chi connectivity index (χ1) is 22.6. The van der Waals surface area contributed by atoms with E-state index in [1.165, 1.54) is 61.6 Å². The summed E-state index contributed by atoms with van der Waals surface area (Å²) in [5.74, 6) is 0.955. The van der Waals surface area contributed by atoms with Crippen molar-refractivity contribution in [3.8, 4) is 33.4 Å². The van der Waals surface area contributed by atoms with Crippen LogP contribution in [0, 0.1) is 11.8 Å². The second kappa shape index (κ2) is 11.7. The van der Waals surface area contributed by atoms with Gasteiger partial charge in [-0.15, -0.1) is 0 Å². The lowest BCUT2D eigenvalue weighted by Crippen LogP contribution is -2.22. The van der Waals surface area contributed by atoms with Gasteiger partial charge in [-0.25, -0.2) is 0 Å². The lowest BCUT2D eigenvalue weighted by Gasteiger charge is -2.33. The minimum atomic E-state index is -0.0778. The highest BCUT2D eigenvalue weighted by atomic mass is 15.1. The zero-order valence-electron chi connectivity index (χ0n) is 26.6. The van der Waals surface area contributed by atoms with Crippen LogP contribution >= 0.6 is 0 Å². The summed E-state index contributed by atoms with van der Waals surface area (Å²) in [5, 5.41) is 0. The summed E-state index contributed by atoms with van der Waals surface area (Å²) in [4.78, 5) is 2.52. The number of para-hydroxylation sites is 1. The maximum atomic E-state index is 2.53. The Balaban J connectivity index is 1.32. The van der Waals surface area contributed by atoms with E-state index < -0.39 is 0 Å². The summed E-state index contributed by atoms with van der Waals surface area (Å²) in [5.41, 5.74) is 14.0. The highest BCUT2D eigenvalue weighted by molar-refractivity contribution is 5.93. The molecule has 5 aromatic rings. The fraction of sp³-hybridized carbons (Fsp3) is 0.156. The molecular weight excluding hydrogens is 555 g/mol. The molecule has 3 aliphatic carbocycles. The molecule has 0 aromatic heterocycles. The molecular formula is C45H39N. The molecule has 2 unspecified atom stereocenters. The first kappa shape index (κ1) is 28.3. The van der Waals surface area contributed by atoms with Crippen molar-refractivity contribution in [1.82, 2.24) is 0 Å². The summed E-state index contributed by atoms with van der Waals surface area (Å²) in [6.07, 6.45) is 18.5. The smallest absolute Gasteiger partial charge is 0.0540 e. The molecule has 0 amide bonds. The van der Waals surface area contributed by atoms with Gasteiger partial charge >= 0.3 is 0 Å². The summed E-state index contributed by atoms with van der Waals surface area (Å²) < 4.78 is 0. The zero-order valence-corrected chi connectivity index (χ0v) is 26.6. The van der Waals surface area contributed by atoms with Crippen LogP contribution in [0.4, 0.5) is 11.4 Å². The highest BCUT2D eigenvalue weighted by Crippen LogP contribution is 2.51. The van der Waals surface area contributed by atoms with Gasteiger partial charge in [0.2, 0.25) is 0 Å². The van der Waals surface area contributed by atoms with Gasteiger partial charge in [0.15, 0.2) is 0 Å². The molecule has 5 aromatic carbocycles. The maximum absolute atomic E-state index is 2.53. The molecule has 0 saturated heterocycles. The fourth-order valence-corrected chi connectivity index (χ4v) is 7.80. The number of benzene rings is 5. The van der Waals surface area contributed by atoms with E-state index in [9.17, 15) is 0 Å². The molecule has 0 aliphatic heterocycles. The molecule has 0 heterocycles. The van der Waals surface area contributed by atoms with E-state index in [1.54, 1.807) is 0 Å². The van der Waals surface area contributed by atoms with E-state index in [-0.39, 0.29) is 5.41 Å². The highest BCUT2D eigenvalue weighted by Gasteiger charge is 2.36. The lowest BCUT2D eigenvalue weighted by atomic mass is 9.81. The van der Waals surface area contributed by atoms with E-state index >= 15 is 0 Å². The first-order valence-corrected chi connectivity index (χ1v) is 16.6. The van der Waals surface area contributed by atoms with Crippen LogP contribution in [0.3, 0.4) is 0 Å². The van der Waals surface area contributed by atoms with Crippen molar-refractivity contribution >= 4 is 11.4 Å². The van der Waals surface area contributed by atoms with Gasteiger partial charge in [0.1, 0.15) is 0 Å². The summed E-state index contributed by atoms with van der Waals surface area (Å²) in [7, 11) is 0. The molecule has 0 saturated carbocycles. The van der Waals surface area contributed by atoms with Gasteiger partial charge in [0, 0.05) is 22.4 Å². The monoisotopic (exact) mass is 593 g/mol. The standard InChI is InChI=1S/C45H39N/c1-45(2)42-26-13-11-24-39(42)40-29-28-36(31-43(40)45)46(35-21-15-20-34(30-35)32-16-5-3-6-17-32)44-27-14-12-25-41(44)38-23-10-9-22-37(38)33-18-7-4-8-19-33/h3-16,18-19,21-32,34H,17,20H2,1-2H3. The molecule has 1 heteroatoms. The van der Waals surface area contributed by atoms with Crippen LogP contribution < -0.4 is 4.90 Å². The average molecular weight is 594 g/mol. The molecule has 0 N–H and O–H groups in total. The van der Waals surface area contributed by atoms with Crippen LogP contribution in [0.2, 0.25) is 0 Å². The van der Waals surface area contributed by atoms with E-state index in [0.29, 0.717) is 11.8 Å². The number of nitrogens with zero attached hydrogens (tertiary/aromatic N) is 1. The van der Waals surface area contributed by atoms with Crippen molar-refractivity contribution in [2.45, 2.75) is 32.1 Å². The number of rotatable bonds is 6. The second-order valence-electron chi connectivity index (χ2n) is 13.3. The Hall–Kier alpha value is -5.14. The number of hydrogen-bond acceptors (Lipinski definition) is 1. The van der Waals surface area contributed by atoms with Crippen molar-refractivity contribution in [3.63, 3.8) is 0 Å². The van der Waals surface area contributed by atoms with Crippen LogP contribution in [0.5, 0.6) is 0 Å². The minimum absolute atomic E-state index is 0.0778. The Morgan fingerprint density at radius 3 is 2.04 bits per heavy atom. The topological polar surface area (TPSA) is 3.24 Å². The minimum Gasteiger partial charge on any atom is -0.310 e. The van der Waals surface area contributed by atoms with E-state index in [4.69, 9.17) is 0 Å². The molecule has 8 rings (SSSR count). The predicted octanol–water partition coefficient (Wildman–Crippen LogP) is 12.1. The van der Waals surface area contributed by atoms with Crippen molar-refractivity contribution in [3.05, 3.63) is 181 Å². The van der Waals surface area contributed by atoms with Gasteiger partial charge < -0.3 is 4.90 Å². The van der Waals surface area contributed by atoms with Crippen molar-refractivity contribution < 1.29 is 0 Å². The van der Waals surface area contributed by atoms with E-state index in [0.717, 1.165) is 12.8 Å². The number of hydrogen-bond donors (Lipinski definition) is 0. The van der Waals surface area contributed by atoms with Gasteiger partial charge in [-0.1, -0.05) is 153 Å². The van der Waals surface area contributed by atoms with E-state index in [1.807, 2.05) is 0 Å². The van der Waals surface area contributed by atoms with Crippen molar-refractivity contribution in [2.75, 3.05) is 4.90 Å². The van der Waals surface area contributed by atoms with Crippen LogP contribution in [0.15, 0.2) is 170 Å². The molecule has 1 nitrogen and oxygen atoms in total. The predicted molar refractivity (Wildman–Crippen MR) is 195 cm³/mol. The normalized spacial score (nSPS) is 19.0. The number of anilines is 2. The second-order valence-corrected chi connectivity index (χ2v) is 13.3. The van der Waals surface area contributed by atoms with Gasteiger partial charge in [-0.2, -0.15) is 0 Å². The van der Waals surface area contributed by atoms with Crippen molar-refractivity contribution in [2.24, 2.45) is 11.8 Å². The Morgan fingerprint density at radius 1 is 0.565 bits per heavy atom. The number of allylic oxidation sites excluding steroid dienone is 7. The van der Waals surface area contributed by atoms with Crippen molar-refractivity contribution in [1.29, 1.82) is 0 Å². The van der Waals surface area contributed by atoms with Gasteiger partial charge in [0.05, 0.1) is 5.69 Å². The molecule has 2 atom stereocenters. The Bertz CT molecular complexity index is 2040. The Kier molecular flexibility index (Phi) is 7.18. The summed E-state index contributed by atoms with van der Waals surface area (Å²) in [6, 6.07) is 44.6. The maximum Gasteiger partial charge on any atom is 0.0540 e. The van der Waals surface area contributed by atoms with Gasteiger partial charge in [-0.3, -0.25) is 0 Å². The molecule has 46 heavy (non-hydrogen) atoms. The quantitative estimate of drug-likeness (QED) is 0.189. The average Bonchev–Trinajstić information content (AvgIpc) is 3.35. The van der Waals surface area contributed by atoms with E-state index in [2.05, 4.69) is 183 Å². The third-order valence-corrected chi connectivity index (χ3v) is 10.2. The Morgan fingerprint density at radius 2 is 1.24 bits per heavy atom. The number of fused-ring (bicyclic) bond motifs is 3. The molecule has 224 valence electrons. The largest absolute Gasteiger partial charge is 0.310 e. The fourth-order valence-electron chi connectivity index (χ4n) is 7.80. The lowest BCUT2D eigenvalue weighted by molar-refractivity contribution is 0.475. The van der Waals surface area contributed by atoms with Crippen LogP contribution in [0.1, 0.15) is 37.8 Å². The van der Waals surface area contributed by atoms with Crippen LogP contribution in [0.25, 0.3) is 33.4 Å². The molecule has 0 bridgehead atoms. The van der Waals surface area contributed by atoms with Gasteiger partial charge in [-0.05, 0) is 87.9 Å². The molecule has 0 fully saturated rings. The zero-order chi connectivity index (χ0) is 31.1. The first-order valence-electron chi connectivity index (χ1n) is 16.6. The molecule has 3 aliphatic rings. The SMILES string of the molecule is CC1(C)c2ccccc2-c2ccc(N(C3=CC(C4C=CC=CC4)CC=C3)c3ccccc3-c3ccccc3-c3ccccc3)cc21. The molecule has 0 radical (unpaired) electrons. The summed E-state index contributed by atoms with van der Waals surface area (Å²) >= 11 is 0. The third-order valence-electron chi connectivity index (χ3n) is 10.2. The third kappa shape index (κ3) is 4.88. The summed E-state index contributed by atoms with van der Waals surface area (Å²) in [6.45, 7) is 4.74. The Labute approximate surface area is 273 Å². The van der Waals surface area contributed by atoms with Crippen LogP contribution in [-0.2, 0) is 5.41 Å². The molecule has 0 spiro atoms. The van der Waals surface area contributed by atoms with Crippen LogP contribution in [-0.4, -0.2) is 0 Å².